The van der Waals surface area contributed by atoms with Crippen molar-refractivity contribution in [1.29, 1.82) is 0 Å². The lowest BCUT2D eigenvalue weighted by molar-refractivity contribution is 1.20. The van der Waals surface area contributed by atoms with Gasteiger partial charge in [0.25, 0.3) is 0 Å². The van der Waals surface area contributed by atoms with Crippen LogP contribution in [0.25, 0.3) is 121 Å². The van der Waals surface area contributed by atoms with Gasteiger partial charge in [0.05, 0.1) is 55.7 Å². The maximum absolute atomic E-state index is 5.15. The molecule has 0 unspecified atom stereocenters. The molecule has 12 aromatic rings. The van der Waals surface area contributed by atoms with Crippen LogP contribution in [0.1, 0.15) is 0 Å². The van der Waals surface area contributed by atoms with Crippen LogP contribution in [-0.2, 0) is 0 Å². The van der Waals surface area contributed by atoms with E-state index in [2.05, 4.69) is 142 Å². The van der Waals surface area contributed by atoms with E-state index in [0.29, 0.717) is 0 Å². The van der Waals surface area contributed by atoms with E-state index in [1.807, 2.05) is 12.1 Å². The van der Waals surface area contributed by atoms with Gasteiger partial charge < -0.3 is 8.97 Å². The van der Waals surface area contributed by atoms with Gasteiger partial charge in [-0.15, -0.1) is 0 Å². The molecule has 4 heterocycles. The van der Waals surface area contributed by atoms with Crippen LogP contribution in [0.5, 0.6) is 0 Å². The van der Waals surface area contributed by atoms with Gasteiger partial charge in [-0.2, -0.15) is 0 Å². The van der Waals surface area contributed by atoms with E-state index >= 15 is 0 Å². The molecule has 50 heavy (non-hydrogen) atoms. The van der Waals surface area contributed by atoms with E-state index in [1.165, 1.54) is 87.1 Å². The molecule has 0 fully saturated rings. The molecular weight excluding hydrogens is 609 g/mol. The van der Waals surface area contributed by atoms with E-state index in [1.54, 1.807) is 0 Å². The molecule has 0 aliphatic heterocycles. The standard InChI is InChI=1S/C46H24N4/c1-2-11-26-25(10-1)20-22-38-41(26)43-42-29-13-4-8-19-36(29)49(39(42)24-32-27-12-3-7-18-35(27)50(38)46(32)43)37-23-21-31-40-28(37)14-9-15-30(40)44-45(31)48-34-17-6-5-16-33(34)47-44/h1-24H. The van der Waals surface area contributed by atoms with Crippen LogP contribution in [-0.4, -0.2) is 18.9 Å². The Morgan fingerprint density at radius 2 is 1.04 bits per heavy atom. The zero-order valence-corrected chi connectivity index (χ0v) is 26.6. The Morgan fingerprint density at radius 3 is 1.88 bits per heavy atom. The largest absolute Gasteiger partial charge is 0.309 e. The van der Waals surface area contributed by atoms with Gasteiger partial charge in [-0.3, -0.25) is 0 Å². The summed E-state index contributed by atoms with van der Waals surface area (Å²) in [5, 5.41) is 12.8. The normalized spacial score (nSPS) is 12.8. The molecule has 0 bridgehead atoms. The highest BCUT2D eigenvalue weighted by Crippen LogP contribution is 2.51. The number of nitrogens with zero attached hydrogens (tertiary/aromatic N) is 4. The summed E-state index contributed by atoms with van der Waals surface area (Å²) in [6, 6.07) is 53.1. The van der Waals surface area contributed by atoms with Gasteiger partial charge in [0.1, 0.15) is 0 Å². The van der Waals surface area contributed by atoms with Crippen molar-refractivity contribution in [2.24, 2.45) is 0 Å². The van der Waals surface area contributed by atoms with Gasteiger partial charge in [0.2, 0.25) is 0 Å². The first-order chi connectivity index (χ1) is 24.8. The highest BCUT2D eigenvalue weighted by atomic mass is 15.0. The molecule has 1 aliphatic carbocycles. The van der Waals surface area contributed by atoms with E-state index in [-0.39, 0.29) is 0 Å². The Labute approximate surface area is 284 Å². The average Bonchev–Trinajstić information content (AvgIpc) is 3.89. The third kappa shape index (κ3) is 2.84. The molecule has 8 aromatic carbocycles. The predicted octanol–water partition coefficient (Wildman–Crippen LogP) is 11.8. The van der Waals surface area contributed by atoms with E-state index in [0.717, 1.165) is 33.5 Å². The first kappa shape index (κ1) is 25.3. The number of hydrogen-bond acceptors (Lipinski definition) is 2. The molecule has 0 saturated carbocycles. The number of hydrogen-bond donors (Lipinski definition) is 0. The first-order valence-corrected chi connectivity index (χ1v) is 17.2. The van der Waals surface area contributed by atoms with Crippen LogP contribution in [0.4, 0.5) is 0 Å². The quantitative estimate of drug-likeness (QED) is 0.180. The van der Waals surface area contributed by atoms with Crippen LogP contribution in [0.15, 0.2) is 146 Å². The van der Waals surface area contributed by atoms with E-state index < -0.39 is 0 Å². The summed E-state index contributed by atoms with van der Waals surface area (Å²) in [4.78, 5) is 10.3. The van der Waals surface area contributed by atoms with Gasteiger partial charge >= 0.3 is 0 Å². The molecule has 4 aromatic heterocycles. The minimum absolute atomic E-state index is 0.924. The van der Waals surface area contributed by atoms with Crippen molar-refractivity contribution in [2.45, 2.75) is 0 Å². The fourth-order valence-corrected chi connectivity index (χ4v) is 9.39. The Bertz CT molecular complexity index is 3440. The second-order valence-corrected chi connectivity index (χ2v) is 13.7. The molecular formula is C46H24N4. The van der Waals surface area contributed by atoms with Gasteiger partial charge in [0.15, 0.2) is 0 Å². The molecule has 0 spiro atoms. The van der Waals surface area contributed by atoms with Crippen LogP contribution < -0.4 is 0 Å². The lowest BCUT2D eigenvalue weighted by atomic mass is 9.98. The summed E-state index contributed by atoms with van der Waals surface area (Å²) in [5.74, 6) is 0. The van der Waals surface area contributed by atoms with Crippen molar-refractivity contribution in [3.05, 3.63) is 146 Å². The number of fused-ring (bicyclic) bond motifs is 16. The number of para-hydroxylation sites is 4. The molecule has 0 atom stereocenters. The Balaban J connectivity index is 1.24. The smallest absolute Gasteiger partial charge is 0.0979 e. The van der Waals surface area contributed by atoms with E-state index in [9.17, 15) is 0 Å². The molecule has 1 aliphatic rings. The highest BCUT2D eigenvalue weighted by molar-refractivity contribution is 6.39. The molecule has 4 heteroatoms. The van der Waals surface area contributed by atoms with Crippen molar-refractivity contribution < 1.29 is 0 Å². The first-order valence-electron chi connectivity index (χ1n) is 17.2. The Kier molecular flexibility index (Phi) is 4.36. The summed E-state index contributed by atoms with van der Waals surface area (Å²) in [7, 11) is 0. The third-order valence-corrected chi connectivity index (χ3v) is 11.3. The zero-order chi connectivity index (χ0) is 32.2. The minimum Gasteiger partial charge on any atom is -0.309 e. The summed E-state index contributed by atoms with van der Waals surface area (Å²) in [5.41, 5.74) is 13.5. The Morgan fingerprint density at radius 1 is 0.380 bits per heavy atom. The Hall–Kier alpha value is -6.78. The number of rotatable bonds is 1. The molecule has 0 amide bonds. The number of benzene rings is 8. The maximum Gasteiger partial charge on any atom is 0.0979 e. The van der Waals surface area contributed by atoms with Crippen LogP contribution in [0.3, 0.4) is 0 Å². The lowest BCUT2D eigenvalue weighted by Gasteiger charge is -2.13. The van der Waals surface area contributed by atoms with Crippen LogP contribution in [0.2, 0.25) is 0 Å². The fourth-order valence-electron chi connectivity index (χ4n) is 9.39. The molecule has 0 saturated heterocycles. The second-order valence-electron chi connectivity index (χ2n) is 13.7. The third-order valence-electron chi connectivity index (χ3n) is 11.3. The SMILES string of the molecule is c1ccc2c(c1)ccc1c2c2c3c4ccccc4n(-c4ccc5c6c(cccc46)-c4nc6ccccc6nc4-5)c3cc3c4ccccc4n1c32. The minimum atomic E-state index is 0.924. The molecule has 0 N–H and O–H groups in total. The van der Waals surface area contributed by atoms with Gasteiger partial charge in [-0.1, -0.05) is 97.1 Å². The summed E-state index contributed by atoms with van der Waals surface area (Å²) < 4.78 is 5.02. The topological polar surface area (TPSA) is 35.1 Å². The van der Waals surface area contributed by atoms with Gasteiger partial charge in [-0.25, -0.2) is 9.97 Å². The van der Waals surface area contributed by atoms with Crippen molar-refractivity contribution in [3.63, 3.8) is 0 Å². The monoisotopic (exact) mass is 632 g/mol. The van der Waals surface area contributed by atoms with E-state index in [4.69, 9.17) is 9.97 Å². The molecule has 0 radical (unpaired) electrons. The molecule has 228 valence electrons. The lowest BCUT2D eigenvalue weighted by Crippen LogP contribution is -1.96. The van der Waals surface area contributed by atoms with Crippen molar-refractivity contribution in [1.82, 2.24) is 18.9 Å². The van der Waals surface area contributed by atoms with Crippen molar-refractivity contribution in [2.75, 3.05) is 0 Å². The molecule has 4 nitrogen and oxygen atoms in total. The zero-order valence-electron chi connectivity index (χ0n) is 26.6. The summed E-state index contributed by atoms with van der Waals surface area (Å²) in [6.45, 7) is 0. The van der Waals surface area contributed by atoms with Crippen LogP contribution in [0, 0.1) is 0 Å². The predicted molar refractivity (Wildman–Crippen MR) is 208 cm³/mol. The van der Waals surface area contributed by atoms with Crippen LogP contribution >= 0.6 is 0 Å². The molecule has 13 rings (SSSR count). The maximum atomic E-state index is 5.15. The second kappa shape index (κ2) is 8.62. The van der Waals surface area contributed by atoms with Crippen molar-refractivity contribution >= 4 is 92.5 Å². The average molecular weight is 633 g/mol. The van der Waals surface area contributed by atoms with Crippen molar-refractivity contribution in [3.8, 4) is 28.2 Å². The number of aromatic nitrogens is 4. The highest BCUT2D eigenvalue weighted by Gasteiger charge is 2.29. The van der Waals surface area contributed by atoms with Gasteiger partial charge in [0, 0.05) is 54.2 Å². The summed E-state index contributed by atoms with van der Waals surface area (Å²) in [6.07, 6.45) is 0. The fraction of sp³-hybridized carbons (Fsp3) is 0. The summed E-state index contributed by atoms with van der Waals surface area (Å²) >= 11 is 0. The van der Waals surface area contributed by atoms with Gasteiger partial charge in [-0.05, 0) is 59.3 Å².